The second kappa shape index (κ2) is 8.51. The Bertz CT molecular complexity index is 1250. The summed E-state index contributed by atoms with van der Waals surface area (Å²) in [5.41, 5.74) is 1.79. The summed E-state index contributed by atoms with van der Waals surface area (Å²) in [6, 6.07) is 14.5. The Balaban J connectivity index is 1.39. The van der Waals surface area contributed by atoms with Crippen molar-refractivity contribution in [3.8, 4) is 0 Å². The number of hydrogen-bond donors (Lipinski definition) is 2. The van der Waals surface area contributed by atoms with E-state index in [1.807, 2.05) is 69.3 Å². The zero-order chi connectivity index (χ0) is 24.0. The first-order valence-corrected chi connectivity index (χ1v) is 12.5. The number of anilines is 1. The van der Waals surface area contributed by atoms with Crippen molar-refractivity contribution in [1.29, 1.82) is 0 Å². The van der Waals surface area contributed by atoms with Crippen molar-refractivity contribution in [3.63, 3.8) is 0 Å². The van der Waals surface area contributed by atoms with Gasteiger partial charge in [0.2, 0.25) is 11.8 Å². The van der Waals surface area contributed by atoms with E-state index in [4.69, 9.17) is 0 Å². The van der Waals surface area contributed by atoms with E-state index in [-0.39, 0.29) is 29.7 Å². The minimum atomic E-state index is -0.745. The van der Waals surface area contributed by atoms with Crippen LogP contribution in [0.5, 0.6) is 0 Å². The Hall–Kier alpha value is -3.26. The van der Waals surface area contributed by atoms with E-state index in [2.05, 4.69) is 15.6 Å². The van der Waals surface area contributed by atoms with Gasteiger partial charge in [0.1, 0.15) is 6.04 Å². The maximum absolute atomic E-state index is 13.8. The van der Waals surface area contributed by atoms with Crippen molar-refractivity contribution < 1.29 is 14.4 Å². The summed E-state index contributed by atoms with van der Waals surface area (Å²) in [5.74, 6) is -0.350. The first-order valence-electron chi connectivity index (χ1n) is 11.7. The lowest BCUT2D eigenvalue weighted by Crippen LogP contribution is -2.51. The van der Waals surface area contributed by atoms with Crippen molar-refractivity contribution in [2.75, 3.05) is 11.9 Å². The molecule has 1 saturated heterocycles. The van der Waals surface area contributed by atoms with Gasteiger partial charge >= 0.3 is 0 Å². The quantitative estimate of drug-likeness (QED) is 0.583. The number of amides is 3. The van der Waals surface area contributed by atoms with Crippen molar-refractivity contribution in [2.45, 2.75) is 51.1 Å². The molecule has 0 bridgehead atoms. The van der Waals surface area contributed by atoms with Gasteiger partial charge < -0.3 is 15.5 Å². The third-order valence-electron chi connectivity index (χ3n) is 6.82. The molecule has 3 amide bonds. The van der Waals surface area contributed by atoms with E-state index in [9.17, 15) is 14.4 Å². The second-order valence-electron chi connectivity index (χ2n) is 9.74. The van der Waals surface area contributed by atoms with Crippen LogP contribution >= 0.6 is 11.3 Å². The number of para-hydroxylation sites is 2. The molecule has 1 spiro atoms. The van der Waals surface area contributed by atoms with Gasteiger partial charge in [0, 0.05) is 18.3 Å². The third kappa shape index (κ3) is 3.76. The average Bonchev–Trinajstić information content (AvgIpc) is 3.47. The highest BCUT2D eigenvalue weighted by molar-refractivity contribution is 7.20. The molecule has 1 aromatic heterocycles. The maximum atomic E-state index is 13.8. The summed E-state index contributed by atoms with van der Waals surface area (Å²) in [5, 5.41) is 6.28. The summed E-state index contributed by atoms with van der Waals surface area (Å²) in [7, 11) is 0. The highest BCUT2D eigenvalue weighted by Gasteiger charge is 2.55. The highest BCUT2D eigenvalue weighted by Crippen LogP contribution is 2.46. The normalized spacial score (nSPS) is 22.3. The summed E-state index contributed by atoms with van der Waals surface area (Å²) in [6.07, 6.45) is 1.07. The topological polar surface area (TPSA) is 91.4 Å². The molecule has 1 fully saturated rings. The molecular formula is C26H28N4O3S. The number of nitrogens with one attached hydrogen (secondary N) is 2. The van der Waals surface area contributed by atoms with Crippen LogP contribution in [0.3, 0.4) is 0 Å². The zero-order valence-electron chi connectivity index (χ0n) is 19.5. The highest BCUT2D eigenvalue weighted by atomic mass is 32.1. The van der Waals surface area contributed by atoms with Gasteiger partial charge in [-0.1, -0.05) is 44.2 Å². The van der Waals surface area contributed by atoms with Gasteiger partial charge in [-0.15, -0.1) is 11.3 Å². The van der Waals surface area contributed by atoms with Crippen LogP contribution < -0.4 is 10.6 Å². The molecule has 34 heavy (non-hydrogen) atoms. The molecule has 0 radical (unpaired) electrons. The first-order chi connectivity index (χ1) is 16.3. The fourth-order valence-electron chi connectivity index (χ4n) is 5.24. The average molecular weight is 477 g/mol. The fourth-order valence-corrected chi connectivity index (χ4v) is 6.11. The van der Waals surface area contributed by atoms with Gasteiger partial charge in [0.25, 0.3) is 5.91 Å². The van der Waals surface area contributed by atoms with E-state index >= 15 is 0 Å². The smallest absolute Gasteiger partial charge is 0.280 e. The predicted molar refractivity (Wildman–Crippen MR) is 133 cm³/mol. The number of hydrogen-bond acceptors (Lipinski definition) is 5. The molecule has 3 atom stereocenters. The third-order valence-corrected chi connectivity index (χ3v) is 7.86. The molecule has 7 nitrogen and oxygen atoms in total. The molecule has 0 unspecified atom stereocenters. The van der Waals surface area contributed by atoms with Crippen LogP contribution in [0.2, 0.25) is 0 Å². The van der Waals surface area contributed by atoms with Crippen LogP contribution in [-0.2, 0) is 15.0 Å². The maximum Gasteiger partial charge on any atom is 0.280 e. The van der Waals surface area contributed by atoms with Gasteiger partial charge in [0.05, 0.1) is 15.6 Å². The van der Waals surface area contributed by atoms with Crippen molar-refractivity contribution in [1.82, 2.24) is 15.2 Å². The van der Waals surface area contributed by atoms with Crippen LogP contribution in [-0.4, -0.2) is 46.2 Å². The number of benzene rings is 2. The Morgan fingerprint density at radius 2 is 1.94 bits per heavy atom. The van der Waals surface area contributed by atoms with Gasteiger partial charge in [-0.3, -0.25) is 14.4 Å². The van der Waals surface area contributed by atoms with Crippen LogP contribution in [0.4, 0.5) is 5.69 Å². The van der Waals surface area contributed by atoms with Crippen molar-refractivity contribution in [3.05, 3.63) is 59.1 Å². The number of aromatic nitrogens is 1. The first kappa shape index (κ1) is 22.5. The van der Waals surface area contributed by atoms with E-state index < -0.39 is 11.5 Å². The lowest BCUT2D eigenvalue weighted by Gasteiger charge is -2.29. The van der Waals surface area contributed by atoms with E-state index in [1.54, 1.807) is 4.90 Å². The van der Waals surface area contributed by atoms with Crippen molar-refractivity contribution >= 4 is 45.0 Å². The van der Waals surface area contributed by atoms with E-state index in [0.717, 1.165) is 21.5 Å². The molecule has 2 aromatic carbocycles. The minimum absolute atomic E-state index is 0.0604. The van der Waals surface area contributed by atoms with Gasteiger partial charge in [-0.05, 0) is 49.4 Å². The molecule has 5 rings (SSSR count). The Labute approximate surface area is 202 Å². The molecule has 3 aromatic rings. The number of nitrogens with zero attached hydrogens (tertiary/aromatic N) is 2. The largest absolute Gasteiger partial charge is 0.338 e. The SMILES string of the molecule is CC(C)C[C@H](NC(=O)c1nc2ccccc2s1)C(=O)N1C[C@]2(C[C@H]1C)C(=O)Nc1ccccc12. The van der Waals surface area contributed by atoms with E-state index in [1.165, 1.54) is 11.3 Å². The lowest BCUT2D eigenvalue weighted by molar-refractivity contribution is -0.134. The number of rotatable bonds is 5. The van der Waals surface area contributed by atoms with Crippen molar-refractivity contribution in [2.24, 2.45) is 5.92 Å². The number of thiazole rings is 1. The van der Waals surface area contributed by atoms with Gasteiger partial charge in [-0.2, -0.15) is 0 Å². The number of carbonyl (C=O) groups is 3. The predicted octanol–water partition coefficient (Wildman–Crippen LogP) is 3.95. The van der Waals surface area contributed by atoms with Gasteiger partial charge in [-0.25, -0.2) is 4.98 Å². The molecule has 8 heteroatoms. The Morgan fingerprint density at radius 1 is 1.21 bits per heavy atom. The van der Waals surface area contributed by atoms with Crippen LogP contribution in [0, 0.1) is 5.92 Å². The molecule has 176 valence electrons. The lowest BCUT2D eigenvalue weighted by atomic mass is 9.80. The fraction of sp³-hybridized carbons (Fsp3) is 0.385. The summed E-state index contributed by atoms with van der Waals surface area (Å²) >= 11 is 1.32. The zero-order valence-corrected chi connectivity index (χ0v) is 20.3. The summed E-state index contributed by atoms with van der Waals surface area (Å²) in [4.78, 5) is 46.1. The minimum Gasteiger partial charge on any atom is -0.338 e. The second-order valence-corrected chi connectivity index (χ2v) is 10.8. The number of likely N-dealkylation sites (tertiary alicyclic amines) is 1. The molecule has 3 heterocycles. The molecule has 2 aliphatic heterocycles. The van der Waals surface area contributed by atoms with Crippen LogP contribution in [0.25, 0.3) is 10.2 Å². The van der Waals surface area contributed by atoms with Crippen LogP contribution in [0.15, 0.2) is 48.5 Å². The molecule has 0 aliphatic carbocycles. The standard InChI is InChI=1S/C26H28N4O3S/c1-15(2)12-20(27-22(31)23-28-19-10-6-7-11-21(19)34-23)24(32)30-14-26(13-16(30)3)17-8-4-5-9-18(17)29-25(26)33/h4-11,15-16,20H,12-14H2,1-3H3,(H,27,31)(H,29,33)/t16-,20+,26+/m1/s1. The molecule has 2 aliphatic rings. The molecule has 2 N–H and O–H groups in total. The Morgan fingerprint density at radius 3 is 2.71 bits per heavy atom. The number of carbonyl (C=O) groups excluding carboxylic acids is 3. The number of fused-ring (bicyclic) bond motifs is 3. The molecular weight excluding hydrogens is 448 g/mol. The van der Waals surface area contributed by atoms with Gasteiger partial charge in [0.15, 0.2) is 5.01 Å². The van der Waals surface area contributed by atoms with E-state index in [0.29, 0.717) is 24.4 Å². The molecule has 0 saturated carbocycles. The summed E-state index contributed by atoms with van der Waals surface area (Å²) < 4.78 is 0.931. The Kier molecular flexibility index (Phi) is 5.64. The van der Waals surface area contributed by atoms with Crippen LogP contribution in [0.1, 0.15) is 49.0 Å². The monoisotopic (exact) mass is 476 g/mol. The summed E-state index contributed by atoms with van der Waals surface area (Å²) in [6.45, 7) is 6.34.